The van der Waals surface area contributed by atoms with Crippen LogP contribution in [-0.4, -0.2) is 25.5 Å². The number of nitrogens with zero attached hydrogens (tertiary/aromatic N) is 4. The number of aryl methyl sites for hydroxylation is 1. The van der Waals surface area contributed by atoms with Crippen LogP contribution in [0.3, 0.4) is 0 Å². The van der Waals surface area contributed by atoms with Crippen molar-refractivity contribution >= 4 is 21.8 Å². The molecule has 0 saturated heterocycles. The van der Waals surface area contributed by atoms with E-state index in [0.29, 0.717) is 13.0 Å². The van der Waals surface area contributed by atoms with Crippen molar-refractivity contribution in [3.8, 4) is 0 Å². The zero-order valence-electron chi connectivity index (χ0n) is 11.8. The lowest BCUT2D eigenvalue weighted by molar-refractivity contribution is -0.124. The van der Waals surface area contributed by atoms with Gasteiger partial charge in [-0.2, -0.15) is 10.2 Å². The Hall–Kier alpha value is -1.63. The van der Waals surface area contributed by atoms with Gasteiger partial charge in [-0.1, -0.05) is 6.92 Å². The summed E-state index contributed by atoms with van der Waals surface area (Å²) in [6.45, 7) is 4.43. The first kappa shape index (κ1) is 14.8. The van der Waals surface area contributed by atoms with Gasteiger partial charge in [0.1, 0.15) is 6.04 Å². The van der Waals surface area contributed by atoms with Gasteiger partial charge >= 0.3 is 0 Å². The van der Waals surface area contributed by atoms with Gasteiger partial charge in [0.25, 0.3) is 0 Å². The van der Waals surface area contributed by atoms with E-state index >= 15 is 0 Å². The number of amides is 1. The van der Waals surface area contributed by atoms with Crippen LogP contribution in [-0.2, 0) is 18.4 Å². The molecule has 0 aliphatic heterocycles. The normalized spacial score (nSPS) is 12.4. The van der Waals surface area contributed by atoms with Gasteiger partial charge in [-0.15, -0.1) is 0 Å². The predicted molar refractivity (Wildman–Crippen MR) is 79.0 cm³/mol. The molecule has 0 spiro atoms. The number of hydrogen-bond acceptors (Lipinski definition) is 3. The minimum absolute atomic E-state index is 0.0358. The molecule has 20 heavy (non-hydrogen) atoms. The highest BCUT2D eigenvalue weighted by atomic mass is 79.9. The summed E-state index contributed by atoms with van der Waals surface area (Å²) in [7, 11) is 1.89. The zero-order valence-corrected chi connectivity index (χ0v) is 13.4. The Morgan fingerprint density at radius 2 is 2.20 bits per heavy atom. The Labute approximate surface area is 126 Å². The molecule has 2 heterocycles. The molecular weight excluding hydrogens is 322 g/mol. The molecule has 1 N–H and O–H groups in total. The number of rotatable bonds is 5. The van der Waals surface area contributed by atoms with Crippen molar-refractivity contribution in [2.45, 2.75) is 32.9 Å². The van der Waals surface area contributed by atoms with Crippen LogP contribution in [0.1, 0.15) is 30.6 Å². The maximum absolute atomic E-state index is 12.3. The van der Waals surface area contributed by atoms with Crippen LogP contribution in [0, 0.1) is 6.92 Å². The highest BCUT2D eigenvalue weighted by molar-refractivity contribution is 9.10. The molecular formula is C13H18BrN5O. The molecule has 7 heteroatoms. The largest absolute Gasteiger partial charge is 0.350 e. The van der Waals surface area contributed by atoms with E-state index in [2.05, 4.69) is 31.4 Å². The SMILES string of the molecule is CCC(C(=O)NCc1cnn(C)c1C)n1cc(Br)cn1. The van der Waals surface area contributed by atoms with E-state index in [4.69, 9.17) is 0 Å². The summed E-state index contributed by atoms with van der Waals surface area (Å²) in [5.41, 5.74) is 2.08. The van der Waals surface area contributed by atoms with Gasteiger partial charge in [-0.3, -0.25) is 14.2 Å². The first-order valence-corrected chi connectivity index (χ1v) is 7.27. The van der Waals surface area contributed by atoms with Crippen LogP contribution in [0.2, 0.25) is 0 Å². The van der Waals surface area contributed by atoms with E-state index in [-0.39, 0.29) is 11.9 Å². The molecule has 0 aromatic carbocycles. The van der Waals surface area contributed by atoms with Crippen LogP contribution < -0.4 is 5.32 Å². The molecule has 1 amide bonds. The molecule has 1 unspecified atom stereocenters. The molecule has 6 nitrogen and oxygen atoms in total. The molecule has 0 bridgehead atoms. The second-order valence-electron chi connectivity index (χ2n) is 4.66. The van der Waals surface area contributed by atoms with Crippen molar-refractivity contribution in [2.75, 3.05) is 0 Å². The Morgan fingerprint density at radius 3 is 2.70 bits per heavy atom. The highest BCUT2D eigenvalue weighted by Crippen LogP contribution is 2.15. The first-order valence-electron chi connectivity index (χ1n) is 6.47. The van der Waals surface area contributed by atoms with Gasteiger partial charge in [0.2, 0.25) is 5.91 Å². The van der Waals surface area contributed by atoms with Gasteiger partial charge in [0.05, 0.1) is 16.9 Å². The average molecular weight is 340 g/mol. The summed E-state index contributed by atoms with van der Waals surface area (Å²) in [5, 5.41) is 11.3. The molecule has 0 fully saturated rings. The van der Waals surface area contributed by atoms with Crippen molar-refractivity contribution in [3.05, 3.63) is 34.3 Å². The van der Waals surface area contributed by atoms with Gasteiger partial charge in [0, 0.05) is 31.0 Å². The Kier molecular flexibility index (Phi) is 4.59. The molecule has 0 aliphatic carbocycles. The zero-order chi connectivity index (χ0) is 14.7. The second kappa shape index (κ2) is 6.21. The third-order valence-electron chi connectivity index (χ3n) is 3.37. The van der Waals surface area contributed by atoms with Gasteiger partial charge in [-0.05, 0) is 29.3 Å². The fraction of sp³-hybridized carbons (Fsp3) is 0.462. The van der Waals surface area contributed by atoms with Crippen LogP contribution in [0.25, 0.3) is 0 Å². The number of hydrogen-bond donors (Lipinski definition) is 1. The van der Waals surface area contributed by atoms with Crippen LogP contribution in [0.4, 0.5) is 0 Å². The van der Waals surface area contributed by atoms with E-state index in [0.717, 1.165) is 15.7 Å². The van der Waals surface area contributed by atoms with Gasteiger partial charge < -0.3 is 5.32 Å². The Bertz CT molecular complexity index is 604. The summed E-state index contributed by atoms with van der Waals surface area (Å²) in [4.78, 5) is 12.3. The summed E-state index contributed by atoms with van der Waals surface area (Å²) >= 11 is 3.34. The molecule has 0 saturated carbocycles. The molecule has 2 rings (SSSR count). The number of nitrogens with one attached hydrogen (secondary N) is 1. The lowest BCUT2D eigenvalue weighted by atomic mass is 10.2. The minimum Gasteiger partial charge on any atom is -0.350 e. The lowest BCUT2D eigenvalue weighted by Gasteiger charge is -2.15. The van der Waals surface area contributed by atoms with Crippen LogP contribution in [0.5, 0.6) is 0 Å². The monoisotopic (exact) mass is 339 g/mol. The van der Waals surface area contributed by atoms with Crippen molar-refractivity contribution in [1.82, 2.24) is 24.9 Å². The van der Waals surface area contributed by atoms with Gasteiger partial charge in [0.15, 0.2) is 0 Å². The number of carbonyl (C=O) groups excluding carboxylic acids is 1. The molecule has 0 radical (unpaired) electrons. The molecule has 2 aromatic heterocycles. The first-order chi connectivity index (χ1) is 9.52. The number of halogens is 1. The molecule has 2 aromatic rings. The van der Waals surface area contributed by atoms with Crippen molar-refractivity contribution < 1.29 is 4.79 Å². The fourth-order valence-corrected chi connectivity index (χ4v) is 2.30. The summed E-state index contributed by atoms with van der Waals surface area (Å²) in [6.07, 6.45) is 5.96. The van der Waals surface area contributed by atoms with Crippen LogP contribution >= 0.6 is 15.9 Å². The topological polar surface area (TPSA) is 64.7 Å². The quantitative estimate of drug-likeness (QED) is 0.905. The van der Waals surface area contributed by atoms with Crippen molar-refractivity contribution in [3.63, 3.8) is 0 Å². The van der Waals surface area contributed by atoms with E-state index in [1.54, 1.807) is 21.8 Å². The standard InChI is InChI=1S/C13H18BrN5O/c1-4-12(19-8-11(14)7-17-19)13(20)15-5-10-6-16-18(3)9(10)2/h6-8,12H,4-5H2,1-3H3,(H,15,20). The lowest BCUT2D eigenvalue weighted by Crippen LogP contribution is -2.32. The van der Waals surface area contributed by atoms with Crippen molar-refractivity contribution in [1.29, 1.82) is 0 Å². The summed E-state index contributed by atoms with van der Waals surface area (Å²) in [5.74, 6) is -0.0358. The van der Waals surface area contributed by atoms with Gasteiger partial charge in [-0.25, -0.2) is 0 Å². The summed E-state index contributed by atoms with van der Waals surface area (Å²) in [6, 6.07) is -0.293. The average Bonchev–Trinajstić information content (AvgIpc) is 2.97. The Balaban J connectivity index is 2.01. The van der Waals surface area contributed by atoms with E-state index in [9.17, 15) is 4.79 Å². The van der Waals surface area contributed by atoms with E-state index in [1.165, 1.54) is 0 Å². The maximum atomic E-state index is 12.3. The smallest absolute Gasteiger partial charge is 0.245 e. The second-order valence-corrected chi connectivity index (χ2v) is 5.57. The minimum atomic E-state index is -0.293. The maximum Gasteiger partial charge on any atom is 0.245 e. The predicted octanol–water partition coefficient (Wildman–Crippen LogP) is 1.96. The number of carbonyl (C=O) groups is 1. The fourth-order valence-electron chi connectivity index (χ4n) is 2.00. The van der Waals surface area contributed by atoms with E-state index < -0.39 is 0 Å². The molecule has 108 valence electrons. The van der Waals surface area contributed by atoms with Crippen LogP contribution in [0.15, 0.2) is 23.1 Å². The summed E-state index contributed by atoms with van der Waals surface area (Å²) < 4.78 is 4.34. The van der Waals surface area contributed by atoms with E-state index in [1.807, 2.05) is 27.1 Å². The molecule has 1 atom stereocenters. The number of aromatic nitrogens is 4. The highest BCUT2D eigenvalue weighted by Gasteiger charge is 2.19. The van der Waals surface area contributed by atoms with Crippen molar-refractivity contribution in [2.24, 2.45) is 7.05 Å². The molecule has 0 aliphatic rings. The third-order valence-corrected chi connectivity index (χ3v) is 3.78. The Morgan fingerprint density at radius 1 is 1.45 bits per heavy atom. The third kappa shape index (κ3) is 3.09.